The van der Waals surface area contributed by atoms with E-state index < -0.39 is 30.3 Å². The third-order valence-corrected chi connectivity index (χ3v) is 4.67. The van der Waals surface area contributed by atoms with E-state index in [0.717, 1.165) is 50.3 Å². The topological polar surface area (TPSA) is 32.3 Å². The predicted molar refractivity (Wildman–Crippen MR) is 93.5 cm³/mol. The van der Waals surface area contributed by atoms with Crippen LogP contribution in [0.5, 0.6) is 0 Å². The first-order chi connectivity index (χ1) is 12.5. The lowest BCUT2D eigenvalue weighted by atomic mass is 9.94. The van der Waals surface area contributed by atoms with Gasteiger partial charge in [0.15, 0.2) is 0 Å². The molecule has 0 unspecified atom stereocenters. The molecule has 0 atom stereocenters. The zero-order chi connectivity index (χ0) is 21.1. The van der Waals surface area contributed by atoms with Crippen molar-refractivity contribution in [3.8, 4) is 0 Å². The Kier molecular flexibility index (Phi) is 11.1. The zero-order valence-electron chi connectivity index (χ0n) is 16.4. The van der Waals surface area contributed by atoms with Crippen LogP contribution in [0.3, 0.4) is 0 Å². The van der Waals surface area contributed by atoms with E-state index in [1.54, 1.807) is 0 Å². The van der Waals surface area contributed by atoms with Crippen LogP contribution in [0.15, 0.2) is 0 Å². The highest BCUT2D eigenvalue weighted by Gasteiger charge is 2.70. The number of nitrogens with zero attached hydrogens (tertiary/aromatic N) is 1. The summed E-state index contributed by atoms with van der Waals surface area (Å²) in [6, 6.07) is -1.31. The van der Waals surface area contributed by atoms with Gasteiger partial charge in [-0.05, 0) is 19.3 Å². The fourth-order valence-electron chi connectivity index (χ4n) is 2.83. The van der Waals surface area contributed by atoms with Gasteiger partial charge in [0, 0.05) is 13.1 Å². The van der Waals surface area contributed by atoms with Crippen LogP contribution >= 0.6 is 0 Å². The minimum Gasteiger partial charge on any atom is -0.325 e. The van der Waals surface area contributed by atoms with Gasteiger partial charge in [0.2, 0.25) is 5.54 Å². The molecule has 0 aliphatic heterocycles. The van der Waals surface area contributed by atoms with Crippen LogP contribution in [0.25, 0.3) is 0 Å². The van der Waals surface area contributed by atoms with Crippen LogP contribution in [0, 0.1) is 0 Å². The Balaban J connectivity index is 5.28. The number of hydrogen-bond donors (Lipinski definition) is 1. The third kappa shape index (κ3) is 7.78. The summed E-state index contributed by atoms with van der Waals surface area (Å²) in [6.07, 6.45) is -6.28. The molecule has 162 valence electrons. The molecule has 0 spiro atoms. The normalized spacial score (nSPS) is 12.9. The SMILES string of the molecule is CCCCCCN(CCCCCC)C(=O)NC(CC)(C(F)(F)F)C(F)(F)F. The summed E-state index contributed by atoms with van der Waals surface area (Å²) < 4.78 is 79.5. The third-order valence-electron chi connectivity index (χ3n) is 4.67. The van der Waals surface area contributed by atoms with Gasteiger partial charge in [0.1, 0.15) is 0 Å². The molecule has 0 aliphatic carbocycles. The van der Waals surface area contributed by atoms with E-state index in [2.05, 4.69) is 0 Å². The first-order valence-electron chi connectivity index (χ1n) is 9.67. The van der Waals surface area contributed by atoms with Gasteiger partial charge in [-0.15, -0.1) is 0 Å². The second-order valence-corrected chi connectivity index (χ2v) is 6.79. The van der Waals surface area contributed by atoms with E-state index in [9.17, 15) is 31.1 Å². The summed E-state index contributed by atoms with van der Waals surface area (Å²) in [7, 11) is 0. The molecule has 0 saturated carbocycles. The van der Waals surface area contributed by atoms with E-state index in [1.165, 1.54) is 5.32 Å². The maximum absolute atomic E-state index is 13.2. The van der Waals surface area contributed by atoms with Gasteiger partial charge >= 0.3 is 18.4 Å². The number of amides is 2. The molecule has 3 nitrogen and oxygen atoms in total. The molecule has 0 heterocycles. The van der Waals surface area contributed by atoms with Crippen LogP contribution in [0.2, 0.25) is 0 Å². The molecule has 0 bridgehead atoms. The monoisotopic (exact) mass is 406 g/mol. The minimum atomic E-state index is -5.63. The average Bonchev–Trinajstić information content (AvgIpc) is 2.55. The lowest BCUT2D eigenvalue weighted by molar-refractivity contribution is -0.305. The predicted octanol–water partition coefficient (Wildman–Crippen LogP) is 6.43. The summed E-state index contributed by atoms with van der Waals surface area (Å²) in [6.45, 7) is 5.03. The van der Waals surface area contributed by atoms with E-state index >= 15 is 0 Å². The molecule has 1 N–H and O–H groups in total. The lowest BCUT2D eigenvalue weighted by Gasteiger charge is -2.38. The molecule has 0 aromatic heterocycles. The zero-order valence-corrected chi connectivity index (χ0v) is 16.4. The first kappa shape index (κ1) is 25.9. The maximum atomic E-state index is 13.2. The number of nitrogens with one attached hydrogen (secondary N) is 1. The standard InChI is InChI=1S/C18H32F6N2O/c1-4-7-9-11-13-26(14-12-10-8-5-2)15(27)25-16(6-3,17(19,20)21)18(22,23)24/h4-14H2,1-3H3,(H,25,27). The van der Waals surface area contributed by atoms with Crippen LogP contribution in [-0.2, 0) is 0 Å². The molecule has 0 aromatic rings. The highest BCUT2D eigenvalue weighted by Crippen LogP contribution is 2.45. The van der Waals surface area contributed by atoms with Crippen molar-refractivity contribution in [1.29, 1.82) is 0 Å². The van der Waals surface area contributed by atoms with Gasteiger partial charge in [0.05, 0.1) is 0 Å². The molecule has 0 rings (SSSR count). The molecule has 9 heteroatoms. The van der Waals surface area contributed by atoms with Crippen molar-refractivity contribution in [2.45, 2.75) is 96.5 Å². The lowest BCUT2D eigenvalue weighted by Crippen LogP contribution is -2.68. The maximum Gasteiger partial charge on any atom is 0.420 e. The molecule has 2 amide bonds. The summed E-state index contributed by atoms with van der Waals surface area (Å²) in [5.74, 6) is 0. The molecule has 0 fully saturated rings. The molecule has 0 aromatic carbocycles. The number of unbranched alkanes of at least 4 members (excludes halogenated alkanes) is 6. The van der Waals surface area contributed by atoms with Crippen molar-refractivity contribution in [2.24, 2.45) is 0 Å². The first-order valence-corrected chi connectivity index (χ1v) is 9.67. The Morgan fingerprint density at radius 3 is 1.44 bits per heavy atom. The molecule has 0 radical (unpaired) electrons. The summed E-state index contributed by atoms with van der Waals surface area (Å²) in [5.41, 5.74) is -4.23. The second-order valence-electron chi connectivity index (χ2n) is 6.79. The van der Waals surface area contributed by atoms with Crippen LogP contribution in [0.1, 0.15) is 78.6 Å². The smallest absolute Gasteiger partial charge is 0.325 e. The number of halogens is 6. The second kappa shape index (κ2) is 11.6. The summed E-state index contributed by atoms with van der Waals surface area (Å²) in [5, 5.41) is 1.28. The number of hydrogen-bond acceptors (Lipinski definition) is 1. The van der Waals surface area contributed by atoms with Gasteiger partial charge in [-0.25, -0.2) is 4.79 Å². The van der Waals surface area contributed by atoms with Crippen molar-refractivity contribution in [2.75, 3.05) is 13.1 Å². The Bertz CT molecular complexity index is 397. The fourth-order valence-corrected chi connectivity index (χ4v) is 2.83. The van der Waals surface area contributed by atoms with Gasteiger partial charge < -0.3 is 10.2 Å². The van der Waals surface area contributed by atoms with Crippen LogP contribution in [0.4, 0.5) is 31.1 Å². The highest BCUT2D eigenvalue weighted by atomic mass is 19.4. The molecule has 0 aliphatic rings. The highest BCUT2D eigenvalue weighted by molar-refractivity contribution is 5.75. The van der Waals surface area contributed by atoms with E-state index in [4.69, 9.17) is 0 Å². The minimum absolute atomic E-state index is 0.146. The number of rotatable bonds is 12. The Hall–Kier alpha value is -1.15. The average molecular weight is 406 g/mol. The molecular formula is C18H32F6N2O. The van der Waals surface area contributed by atoms with Crippen LogP contribution < -0.4 is 5.32 Å². The summed E-state index contributed by atoms with van der Waals surface area (Å²) >= 11 is 0. The number of carbonyl (C=O) groups excluding carboxylic acids is 1. The van der Waals surface area contributed by atoms with E-state index in [-0.39, 0.29) is 13.1 Å². The fraction of sp³-hybridized carbons (Fsp3) is 0.944. The van der Waals surface area contributed by atoms with Gasteiger partial charge in [-0.2, -0.15) is 26.3 Å². The largest absolute Gasteiger partial charge is 0.420 e. The van der Waals surface area contributed by atoms with Crippen molar-refractivity contribution in [1.82, 2.24) is 10.2 Å². The van der Waals surface area contributed by atoms with E-state index in [0.29, 0.717) is 12.8 Å². The number of alkyl halides is 6. The van der Waals surface area contributed by atoms with Gasteiger partial charge in [-0.1, -0.05) is 59.3 Å². The Morgan fingerprint density at radius 1 is 0.741 bits per heavy atom. The Morgan fingerprint density at radius 2 is 1.15 bits per heavy atom. The molecule has 0 saturated heterocycles. The van der Waals surface area contributed by atoms with E-state index in [1.807, 2.05) is 13.8 Å². The molecule has 27 heavy (non-hydrogen) atoms. The van der Waals surface area contributed by atoms with Crippen molar-refractivity contribution in [3.63, 3.8) is 0 Å². The number of urea groups is 1. The van der Waals surface area contributed by atoms with Crippen molar-refractivity contribution >= 4 is 6.03 Å². The quantitative estimate of drug-likeness (QED) is 0.294. The Labute approximate surface area is 157 Å². The summed E-state index contributed by atoms with van der Waals surface area (Å²) in [4.78, 5) is 13.4. The molecular weight excluding hydrogens is 374 g/mol. The van der Waals surface area contributed by atoms with Gasteiger partial charge in [-0.3, -0.25) is 0 Å². The van der Waals surface area contributed by atoms with Crippen LogP contribution in [-0.4, -0.2) is 41.9 Å². The van der Waals surface area contributed by atoms with Crippen molar-refractivity contribution in [3.05, 3.63) is 0 Å². The van der Waals surface area contributed by atoms with Gasteiger partial charge in [0.25, 0.3) is 0 Å². The van der Waals surface area contributed by atoms with Crippen molar-refractivity contribution < 1.29 is 31.1 Å². The number of carbonyl (C=O) groups is 1.